The Bertz CT molecular complexity index is 1280. The molecule has 1 aliphatic heterocycles. The number of ether oxygens (including phenoxy) is 1. The van der Waals surface area contributed by atoms with Gasteiger partial charge in [-0.3, -0.25) is 19.4 Å². The summed E-state index contributed by atoms with van der Waals surface area (Å²) in [4.78, 5) is 39.9. The van der Waals surface area contributed by atoms with E-state index in [0.717, 1.165) is 22.0 Å². The molecule has 2 amide bonds. The molecule has 0 aliphatic carbocycles. The van der Waals surface area contributed by atoms with E-state index in [2.05, 4.69) is 0 Å². The summed E-state index contributed by atoms with van der Waals surface area (Å²) in [5.41, 5.74) is 3.14. The molecule has 0 atom stereocenters. The summed E-state index contributed by atoms with van der Waals surface area (Å²) in [6, 6.07) is 15.0. The third-order valence-electron chi connectivity index (χ3n) is 5.46. The van der Waals surface area contributed by atoms with Gasteiger partial charge in [-0.05, 0) is 42.1 Å². The van der Waals surface area contributed by atoms with Crippen molar-refractivity contribution in [2.45, 2.75) is 6.54 Å². The zero-order chi connectivity index (χ0) is 23.0. The standard InChI is InChI=1S/C24H21N3O4S/c1-25-21(28)19(22(29)26(2)24(25)32)12-17-14-27(20-10-5-4-9-18(17)20)13-15-7-6-8-16(11-15)23(30)31-3/h4-12,14H,13H2,1-3H3. The number of hydrogen-bond acceptors (Lipinski definition) is 5. The van der Waals surface area contributed by atoms with Gasteiger partial charge in [0, 0.05) is 43.3 Å². The number of amides is 2. The monoisotopic (exact) mass is 447 g/mol. The molecule has 0 bridgehead atoms. The third-order valence-corrected chi connectivity index (χ3v) is 6.01. The van der Waals surface area contributed by atoms with Gasteiger partial charge in [0.25, 0.3) is 11.8 Å². The molecule has 4 rings (SSSR count). The number of carbonyl (C=O) groups excluding carboxylic acids is 3. The Morgan fingerprint density at radius 3 is 2.41 bits per heavy atom. The molecule has 162 valence electrons. The van der Waals surface area contributed by atoms with Gasteiger partial charge < -0.3 is 9.30 Å². The second-order valence-corrected chi connectivity index (χ2v) is 7.86. The van der Waals surface area contributed by atoms with Gasteiger partial charge in [0.05, 0.1) is 12.7 Å². The van der Waals surface area contributed by atoms with Crippen LogP contribution in [0.5, 0.6) is 0 Å². The molecule has 8 heteroatoms. The summed E-state index contributed by atoms with van der Waals surface area (Å²) in [6.07, 6.45) is 3.51. The number of thiocarbonyl (C=S) groups is 1. The molecule has 0 N–H and O–H groups in total. The molecule has 1 fully saturated rings. The van der Waals surface area contributed by atoms with E-state index in [1.807, 2.05) is 47.2 Å². The van der Waals surface area contributed by atoms with Gasteiger partial charge in [0.2, 0.25) is 0 Å². The Hall–Kier alpha value is -3.78. The fourth-order valence-corrected chi connectivity index (χ4v) is 3.93. The number of esters is 1. The van der Waals surface area contributed by atoms with Gasteiger partial charge in [-0.1, -0.05) is 30.3 Å². The number of aromatic nitrogens is 1. The van der Waals surface area contributed by atoms with E-state index in [1.54, 1.807) is 32.3 Å². The first-order valence-corrected chi connectivity index (χ1v) is 10.3. The lowest BCUT2D eigenvalue weighted by atomic mass is 10.1. The average Bonchev–Trinajstić information content (AvgIpc) is 3.16. The lowest BCUT2D eigenvalue weighted by molar-refractivity contribution is -0.132. The van der Waals surface area contributed by atoms with Crippen molar-refractivity contribution in [1.29, 1.82) is 0 Å². The van der Waals surface area contributed by atoms with Crippen LogP contribution in [-0.2, 0) is 20.9 Å². The summed E-state index contributed by atoms with van der Waals surface area (Å²) in [7, 11) is 4.46. The van der Waals surface area contributed by atoms with Crippen LogP contribution in [0.4, 0.5) is 0 Å². The lowest BCUT2D eigenvalue weighted by Crippen LogP contribution is -2.52. The van der Waals surface area contributed by atoms with Crippen LogP contribution in [0.1, 0.15) is 21.5 Å². The fourth-order valence-electron chi connectivity index (χ4n) is 3.76. The maximum atomic E-state index is 12.7. The van der Waals surface area contributed by atoms with Gasteiger partial charge in [0.15, 0.2) is 5.11 Å². The molecule has 7 nitrogen and oxygen atoms in total. The molecule has 2 heterocycles. The van der Waals surface area contributed by atoms with E-state index >= 15 is 0 Å². The van der Waals surface area contributed by atoms with E-state index in [4.69, 9.17) is 17.0 Å². The number of rotatable bonds is 4. The molecule has 1 aromatic heterocycles. The quantitative estimate of drug-likeness (QED) is 0.266. The number of benzene rings is 2. The summed E-state index contributed by atoms with van der Waals surface area (Å²) in [5, 5.41) is 1.08. The smallest absolute Gasteiger partial charge is 0.337 e. The van der Waals surface area contributed by atoms with Crippen molar-refractivity contribution in [2.24, 2.45) is 0 Å². The van der Waals surface area contributed by atoms with Crippen LogP contribution in [0.15, 0.2) is 60.3 Å². The topological polar surface area (TPSA) is 71.8 Å². The minimum absolute atomic E-state index is 0.0548. The first kappa shape index (κ1) is 21.5. The first-order valence-electron chi connectivity index (χ1n) is 9.88. The number of nitrogens with zero attached hydrogens (tertiary/aromatic N) is 3. The Kier molecular flexibility index (Phi) is 5.63. The zero-order valence-corrected chi connectivity index (χ0v) is 18.7. The maximum Gasteiger partial charge on any atom is 0.337 e. The Balaban J connectivity index is 1.77. The van der Waals surface area contributed by atoms with Crippen LogP contribution in [-0.4, -0.2) is 58.5 Å². The Labute approximate surface area is 190 Å². The molecule has 0 saturated carbocycles. The first-order chi connectivity index (χ1) is 15.3. The Morgan fingerprint density at radius 1 is 1.03 bits per heavy atom. The van der Waals surface area contributed by atoms with Gasteiger partial charge in [-0.2, -0.15) is 0 Å². The minimum atomic E-state index is -0.430. The average molecular weight is 448 g/mol. The zero-order valence-electron chi connectivity index (χ0n) is 17.9. The molecule has 1 saturated heterocycles. The van der Waals surface area contributed by atoms with Gasteiger partial charge in [-0.15, -0.1) is 0 Å². The third kappa shape index (κ3) is 3.69. The molecular formula is C24H21N3O4S. The second kappa shape index (κ2) is 8.39. The van der Waals surface area contributed by atoms with Crippen molar-refractivity contribution < 1.29 is 19.1 Å². The predicted octanol–water partition coefficient (Wildman–Crippen LogP) is 3.07. The van der Waals surface area contributed by atoms with E-state index in [1.165, 1.54) is 16.9 Å². The highest BCUT2D eigenvalue weighted by atomic mass is 32.1. The van der Waals surface area contributed by atoms with E-state index in [9.17, 15) is 14.4 Å². The number of fused-ring (bicyclic) bond motifs is 1. The number of methoxy groups -OCH3 is 1. The van der Waals surface area contributed by atoms with Gasteiger partial charge in [0.1, 0.15) is 5.57 Å². The van der Waals surface area contributed by atoms with Crippen LogP contribution >= 0.6 is 12.2 Å². The minimum Gasteiger partial charge on any atom is -0.465 e. The van der Waals surface area contributed by atoms with Gasteiger partial charge >= 0.3 is 5.97 Å². The number of carbonyl (C=O) groups is 3. The van der Waals surface area contributed by atoms with Crippen LogP contribution in [0.3, 0.4) is 0 Å². The van der Waals surface area contributed by atoms with Gasteiger partial charge in [-0.25, -0.2) is 4.79 Å². The van der Waals surface area contributed by atoms with Crippen molar-refractivity contribution in [3.8, 4) is 0 Å². The van der Waals surface area contributed by atoms with Crippen molar-refractivity contribution in [1.82, 2.24) is 14.4 Å². The van der Waals surface area contributed by atoms with Crippen LogP contribution < -0.4 is 0 Å². The second-order valence-electron chi connectivity index (χ2n) is 7.49. The fraction of sp³-hybridized carbons (Fsp3) is 0.167. The SMILES string of the molecule is COC(=O)c1cccc(Cn2cc(C=C3C(=O)N(C)C(=S)N(C)C3=O)c3ccccc32)c1. The highest BCUT2D eigenvalue weighted by molar-refractivity contribution is 7.80. The number of likely N-dealkylation sites (N-methyl/N-ethyl adjacent to an activating group) is 2. The summed E-state index contributed by atoms with van der Waals surface area (Å²) in [6.45, 7) is 0.500. The molecule has 2 aromatic carbocycles. The highest BCUT2D eigenvalue weighted by Gasteiger charge is 2.35. The van der Waals surface area contributed by atoms with Crippen molar-refractivity contribution in [3.05, 3.63) is 77.0 Å². The molecule has 0 radical (unpaired) electrons. The number of hydrogen-bond donors (Lipinski definition) is 0. The molecule has 1 aliphatic rings. The summed E-state index contributed by atoms with van der Waals surface area (Å²) in [5.74, 6) is -1.25. The van der Waals surface area contributed by atoms with Crippen molar-refractivity contribution in [3.63, 3.8) is 0 Å². The predicted molar refractivity (Wildman–Crippen MR) is 125 cm³/mol. The largest absolute Gasteiger partial charge is 0.465 e. The Morgan fingerprint density at radius 2 is 1.72 bits per heavy atom. The lowest BCUT2D eigenvalue weighted by Gasteiger charge is -2.31. The van der Waals surface area contributed by atoms with Crippen molar-refractivity contribution in [2.75, 3.05) is 21.2 Å². The van der Waals surface area contributed by atoms with E-state index in [-0.39, 0.29) is 10.7 Å². The molecule has 32 heavy (non-hydrogen) atoms. The number of para-hydroxylation sites is 1. The highest BCUT2D eigenvalue weighted by Crippen LogP contribution is 2.26. The maximum absolute atomic E-state index is 12.7. The molecule has 3 aromatic rings. The van der Waals surface area contributed by atoms with Crippen LogP contribution in [0, 0.1) is 0 Å². The molecule has 0 unspecified atom stereocenters. The summed E-state index contributed by atoms with van der Waals surface area (Å²) >= 11 is 5.16. The van der Waals surface area contributed by atoms with Crippen molar-refractivity contribution >= 4 is 52.1 Å². The van der Waals surface area contributed by atoms with E-state index < -0.39 is 17.8 Å². The molecule has 0 spiro atoms. The van der Waals surface area contributed by atoms with E-state index in [0.29, 0.717) is 12.1 Å². The van der Waals surface area contributed by atoms with Crippen LogP contribution in [0.25, 0.3) is 17.0 Å². The summed E-state index contributed by atoms with van der Waals surface area (Å²) < 4.78 is 6.83. The molecular weight excluding hydrogens is 426 g/mol. The normalized spacial score (nSPS) is 14.3. The van der Waals surface area contributed by atoms with Crippen LogP contribution in [0.2, 0.25) is 0 Å².